The van der Waals surface area contributed by atoms with Gasteiger partial charge in [0.1, 0.15) is 5.52 Å². The number of nitrogens with zero attached hydrogens (tertiary/aromatic N) is 1. The van der Waals surface area contributed by atoms with E-state index in [4.69, 9.17) is 16.0 Å². The molecule has 1 N–H and O–H groups in total. The van der Waals surface area contributed by atoms with Crippen LogP contribution in [0.25, 0.3) is 11.1 Å². The van der Waals surface area contributed by atoms with Gasteiger partial charge < -0.3 is 9.73 Å². The van der Waals surface area contributed by atoms with Crippen molar-refractivity contribution in [2.24, 2.45) is 5.92 Å². The molecule has 0 saturated carbocycles. The van der Waals surface area contributed by atoms with E-state index in [2.05, 4.69) is 17.2 Å². The van der Waals surface area contributed by atoms with Crippen molar-refractivity contribution in [3.63, 3.8) is 0 Å². The predicted octanol–water partition coefficient (Wildman–Crippen LogP) is 3.15. The van der Waals surface area contributed by atoms with Crippen LogP contribution in [0, 0.1) is 5.92 Å². The van der Waals surface area contributed by atoms with Gasteiger partial charge in [-0.1, -0.05) is 24.6 Å². The molecule has 1 aliphatic heterocycles. The predicted molar refractivity (Wildman–Crippen MR) is 63.5 cm³/mol. The van der Waals surface area contributed by atoms with Crippen molar-refractivity contribution in [2.75, 3.05) is 6.54 Å². The first-order chi connectivity index (χ1) is 7.75. The van der Waals surface area contributed by atoms with Crippen molar-refractivity contribution in [1.29, 1.82) is 0 Å². The van der Waals surface area contributed by atoms with Crippen molar-refractivity contribution in [3.05, 3.63) is 29.1 Å². The molecule has 0 aliphatic carbocycles. The molecule has 1 aromatic carbocycles. The quantitative estimate of drug-likeness (QED) is 0.827. The number of hydrogen-bond acceptors (Lipinski definition) is 3. The summed E-state index contributed by atoms with van der Waals surface area (Å²) in [5, 5.41) is 4.03. The minimum atomic E-state index is 0.225. The topological polar surface area (TPSA) is 38.1 Å². The minimum absolute atomic E-state index is 0.225. The molecule has 2 aromatic rings. The Bertz CT molecular complexity index is 523. The molecule has 1 aliphatic rings. The fourth-order valence-corrected chi connectivity index (χ4v) is 2.44. The number of aromatic nitrogens is 1. The van der Waals surface area contributed by atoms with Gasteiger partial charge >= 0.3 is 0 Å². The highest BCUT2D eigenvalue weighted by Gasteiger charge is 2.28. The number of hydrogen-bond donors (Lipinski definition) is 1. The molecule has 2 unspecified atom stereocenters. The summed E-state index contributed by atoms with van der Waals surface area (Å²) in [4.78, 5) is 4.49. The number of para-hydroxylation sites is 1. The lowest BCUT2D eigenvalue weighted by Crippen LogP contribution is -2.16. The van der Waals surface area contributed by atoms with Crippen molar-refractivity contribution in [1.82, 2.24) is 10.3 Å². The van der Waals surface area contributed by atoms with Gasteiger partial charge in [-0.05, 0) is 31.0 Å². The van der Waals surface area contributed by atoms with Crippen molar-refractivity contribution < 1.29 is 4.42 Å². The third-order valence-corrected chi connectivity index (χ3v) is 3.48. The van der Waals surface area contributed by atoms with E-state index in [1.807, 2.05) is 18.2 Å². The number of oxazole rings is 1. The van der Waals surface area contributed by atoms with E-state index in [1.54, 1.807) is 0 Å². The smallest absolute Gasteiger partial charge is 0.212 e. The Morgan fingerprint density at radius 3 is 3.06 bits per heavy atom. The molecule has 0 radical (unpaired) electrons. The molecule has 4 heteroatoms. The Labute approximate surface area is 98.8 Å². The molecule has 84 valence electrons. The molecule has 3 nitrogen and oxygen atoms in total. The van der Waals surface area contributed by atoms with Crippen LogP contribution in [-0.4, -0.2) is 11.5 Å². The first-order valence-electron chi connectivity index (χ1n) is 5.54. The van der Waals surface area contributed by atoms with E-state index in [0.717, 1.165) is 24.4 Å². The highest BCUT2D eigenvalue weighted by Crippen LogP contribution is 2.32. The largest absolute Gasteiger partial charge is 0.437 e. The monoisotopic (exact) mass is 236 g/mol. The zero-order valence-electron chi connectivity index (χ0n) is 9.03. The van der Waals surface area contributed by atoms with Crippen LogP contribution < -0.4 is 5.32 Å². The van der Waals surface area contributed by atoms with Crippen LogP contribution in [0.2, 0.25) is 5.02 Å². The van der Waals surface area contributed by atoms with Gasteiger partial charge in [-0.3, -0.25) is 0 Å². The van der Waals surface area contributed by atoms with E-state index in [0.29, 0.717) is 16.5 Å². The normalized spacial score (nSPS) is 25.4. The summed E-state index contributed by atoms with van der Waals surface area (Å²) in [5.74, 6) is 1.32. The molecule has 2 atom stereocenters. The van der Waals surface area contributed by atoms with Gasteiger partial charge in [0, 0.05) is 0 Å². The highest BCUT2D eigenvalue weighted by atomic mass is 35.5. The fraction of sp³-hybridized carbons (Fsp3) is 0.417. The molecular weight excluding hydrogens is 224 g/mol. The van der Waals surface area contributed by atoms with Crippen LogP contribution in [0.15, 0.2) is 22.6 Å². The minimum Gasteiger partial charge on any atom is -0.437 e. The number of benzene rings is 1. The van der Waals surface area contributed by atoms with Crippen molar-refractivity contribution in [2.45, 2.75) is 19.4 Å². The molecule has 0 bridgehead atoms. The molecule has 0 spiro atoms. The van der Waals surface area contributed by atoms with Gasteiger partial charge in [-0.2, -0.15) is 0 Å². The van der Waals surface area contributed by atoms with Gasteiger partial charge in [0.25, 0.3) is 0 Å². The van der Waals surface area contributed by atoms with Gasteiger partial charge in [0.2, 0.25) is 5.89 Å². The number of nitrogens with one attached hydrogen (secondary N) is 1. The van der Waals surface area contributed by atoms with Crippen LogP contribution >= 0.6 is 11.6 Å². The maximum absolute atomic E-state index is 6.06. The first-order valence-corrected chi connectivity index (χ1v) is 5.92. The number of fused-ring (bicyclic) bond motifs is 1. The van der Waals surface area contributed by atoms with Gasteiger partial charge in [0.15, 0.2) is 5.58 Å². The average molecular weight is 237 g/mol. The lowest BCUT2D eigenvalue weighted by molar-refractivity contribution is 0.394. The second-order valence-corrected chi connectivity index (χ2v) is 4.75. The maximum atomic E-state index is 6.06. The fourth-order valence-electron chi connectivity index (χ4n) is 2.23. The van der Waals surface area contributed by atoms with Crippen LogP contribution in [0.5, 0.6) is 0 Å². The van der Waals surface area contributed by atoms with Gasteiger partial charge in [-0.15, -0.1) is 0 Å². The van der Waals surface area contributed by atoms with Crippen molar-refractivity contribution in [3.8, 4) is 0 Å². The van der Waals surface area contributed by atoms with Gasteiger partial charge in [-0.25, -0.2) is 4.98 Å². The summed E-state index contributed by atoms with van der Waals surface area (Å²) in [7, 11) is 0. The highest BCUT2D eigenvalue weighted by molar-refractivity contribution is 6.34. The molecule has 1 saturated heterocycles. The standard InChI is InChI=1S/C12H13ClN2O/c1-7-5-6-14-10(7)12-15-9-4-2-3-8(13)11(9)16-12/h2-4,7,10,14H,5-6H2,1H3. The first kappa shape index (κ1) is 10.1. The number of halogens is 1. The van der Waals surface area contributed by atoms with Crippen LogP contribution in [0.3, 0.4) is 0 Å². The Balaban J connectivity index is 2.08. The molecule has 16 heavy (non-hydrogen) atoms. The van der Waals surface area contributed by atoms with E-state index in [9.17, 15) is 0 Å². The lowest BCUT2D eigenvalue weighted by Gasteiger charge is -2.10. The van der Waals surface area contributed by atoms with E-state index in [1.165, 1.54) is 0 Å². The lowest BCUT2D eigenvalue weighted by atomic mass is 10.0. The number of rotatable bonds is 1. The summed E-state index contributed by atoms with van der Waals surface area (Å²) in [6.07, 6.45) is 1.16. The second-order valence-electron chi connectivity index (χ2n) is 4.34. The van der Waals surface area contributed by atoms with Crippen LogP contribution in [-0.2, 0) is 0 Å². The van der Waals surface area contributed by atoms with Gasteiger partial charge in [0.05, 0.1) is 11.1 Å². The van der Waals surface area contributed by atoms with E-state index >= 15 is 0 Å². The average Bonchev–Trinajstić information content (AvgIpc) is 2.84. The molecule has 3 rings (SSSR count). The Hall–Kier alpha value is -1.06. The zero-order chi connectivity index (χ0) is 11.1. The van der Waals surface area contributed by atoms with Crippen molar-refractivity contribution >= 4 is 22.7 Å². The molecule has 2 heterocycles. The third-order valence-electron chi connectivity index (χ3n) is 3.18. The maximum Gasteiger partial charge on any atom is 0.212 e. The Kier molecular flexibility index (Phi) is 2.37. The Morgan fingerprint density at radius 1 is 1.50 bits per heavy atom. The second kappa shape index (κ2) is 3.75. The van der Waals surface area contributed by atoms with E-state index < -0.39 is 0 Å². The molecule has 0 amide bonds. The summed E-state index contributed by atoms with van der Waals surface area (Å²) in [6, 6.07) is 5.86. The summed E-state index contributed by atoms with van der Waals surface area (Å²) >= 11 is 6.06. The molecule has 1 aromatic heterocycles. The summed E-state index contributed by atoms with van der Waals surface area (Å²) < 4.78 is 5.75. The third kappa shape index (κ3) is 1.51. The SMILES string of the molecule is CC1CCNC1c1nc2cccc(Cl)c2o1. The van der Waals surface area contributed by atoms with E-state index in [-0.39, 0.29) is 6.04 Å². The summed E-state index contributed by atoms with van der Waals surface area (Å²) in [5.41, 5.74) is 1.53. The van der Waals surface area contributed by atoms with Crippen LogP contribution in [0.1, 0.15) is 25.3 Å². The Morgan fingerprint density at radius 2 is 2.38 bits per heavy atom. The zero-order valence-corrected chi connectivity index (χ0v) is 9.79. The molecular formula is C12H13ClN2O. The van der Waals surface area contributed by atoms with Crippen LogP contribution in [0.4, 0.5) is 0 Å². The summed E-state index contributed by atoms with van der Waals surface area (Å²) in [6.45, 7) is 3.24. The molecule has 1 fully saturated rings.